The van der Waals surface area contributed by atoms with Crippen molar-refractivity contribution in [3.8, 4) is 5.69 Å². The van der Waals surface area contributed by atoms with Crippen LogP contribution in [0.5, 0.6) is 0 Å². The molecule has 33 heavy (non-hydrogen) atoms. The normalized spacial score (nSPS) is 14.5. The van der Waals surface area contributed by atoms with Crippen LogP contribution in [0.1, 0.15) is 33.7 Å². The van der Waals surface area contributed by atoms with Crippen molar-refractivity contribution in [3.63, 3.8) is 0 Å². The minimum atomic E-state index is 0.00605. The van der Waals surface area contributed by atoms with E-state index in [0.29, 0.717) is 6.54 Å². The number of piperazine rings is 1. The van der Waals surface area contributed by atoms with E-state index in [9.17, 15) is 4.79 Å². The highest BCUT2D eigenvalue weighted by Crippen LogP contribution is 2.27. The van der Waals surface area contributed by atoms with Crippen LogP contribution >= 0.6 is 11.6 Å². The number of aromatic nitrogens is 1. The van der Waals surface area contributed by atoms with E-state index in [1.165, 1.54) is 5.69 Å². The Morgan fingerprint density at radius 1 is 0.970 bits per heavy atom. The van der Waals surface area contributed by atoms with Crippen molar-refractivity contribution in [2.45, 2.75) is 27.2 Å². The minimum absolute atomic E-state index is 0.00605. The van der Waals surface area contributed by atoms with Gasteiger partial charge in [-0.2, -0.15) is 0 Å². The molecule has 0 aliphatic carbocycles. The van der Waals surface area contributed by atoms with Gasteiger partial charge < -0.3 is 14.8 Å². The van der Waals surface area contributed by atoms with Gasteiger partial charge in [-0.25, -0.2) is 0 Å². The van der Waals surface area contributed by atoms with Crippen molar-refractivity contribution in [3.05, 3.63) is 82.1 Å². The monoisotopic (exact) mass is 464 g/mol. The Balaban J connectivity index is 1.24. The molecule has 1 saturated heterocycles. The van der Waals surface area contributed by atoms with E-state index in [-0.39, 0.29) is 5.91 Å². The fourth-order valence-electron chi connectivity index (χ4n) is 4.72. The number of aryl methyl sites for hydroxylation is 1. The summed E-state index contributed by atoms with van der Waals surface area (Å²) in [4.78, 5) is 17.7. The molecular weight excluding hydrogens is 432 g/mol. The summed E-state index contributed by atoms with van der Waals surface area (Å²) >= 11 is 6.29. The first-order valence-electron chi connectivity index (χ1n) is 11.7. The van der Waals surface area contributed by atoms with E-state index in [1.807, 2.05) is 50.2 Å². The predicted molar refractivity (Wildman–Crippen MR) is 137 cm³/mol. The molecule has 1 fully saturated rings. The molecule has 1 aliphatic rings. The minimum Gasteiger partial charge on any atom is -0.369 e. The Bertz CT molecular complexity index is 1100. The lowest BCUT2D eigenvalue weighted by molar-refractivity contribution is 0.0951. The summed E-state index contributed by atoms with van der Waals surface area (Å²) in [6.45, 7) is 11.9. The Hall–Kier alpha value is -2.76. The number of nitrogens with one attached hydrogen (secondary N) is 1. The maximum Gasteiger partial charge on any atom is 0.253 e. The average Bonchev–Trinajstić information content (AvgIpc) is 3.13. The number of carbonyl (C=O) groups is 1. The molecule has 4 rings (SSSR count). The van der Waals surface area contributed by atoms with Crippen LogP contribution in [-0.2, 0) is 0 Å². The highest BCUT2D eigenvalue weighted by molar-refractivity contribution is 6.31. The summed E-state index contributed by atoms with van der Waals surface area (Å²) in [7, 11) is 0. The Morgan fingerprint density at radius 3 is 2.42 bits per heavy atom. The van der Waals surface area contributed by atoms with E-state index in [1.54, 1.807) is 0 Å². The zero-order chi connectivity index (χ0) is 23.4. The number of anilines is 1. The first-order chi connectivity index (χ1) is 16.0. The van der Waals surface area contributed by atoms with Gasteiger partial charge in [0, 0.05) is 60.5 Å². The molecule has 0 bridgehead atoms. The second-order valence-electron chi connectivity index (χ2n) is 8.78. The first-order valence-corrected chi connectivity index (χ1v) is 12.1. The molecule has 5 nitrogen and oxygen atoms in total. The van der Waals surface area contributed by atoms with Gasteiger partial charge in [0.25, 0.3) is 5.91 Å². The second kappa shape index (κ2) is 10.4. The molecule has 0 radical (unpaired) electrons. The van der Waals surface area contributed by atoms with Crippen molar-refractivity contribution in [2.75, 3.05) is 44.2 Å². The molecular formula is C27H33ClN4O. The highest BCUT2D eigenvalue weighted by Gasteiger charge is 2.19. The lowest BCUT2D eigenvalue weighted by Crippen LogP contribution is -2.47. The molecule has 6 heteroatoms. The second-order valence-corrected chi connectivity index (χ2v) is 9.19. The van der Waals surface area contributed by atoms with Crippen molar-refractivity contribution in [2.24, 2.45) is 0 Å². The Labute approximate surface area is 202 Å². The van der Waals surface area contributed by atoms with Crippen LogP contribution in [0.4, 0.5) is 5.69 Å². The fourth-order valence-corrected chi connectivity index (χ4v) is 4.89. The standard InChI is InChI=1S/C27H33ClN4O/c1-20-19-24(22(3)32(20)23-9-5-4-6-10-23)27(33)29-13-8-14-30-15-17-31(18-16-30)26-12-7-11-25(28)21(26)2/h4-7,9-12,19H,8,13-18H2,1-3H3,(H,29,33). The number of benzene rings is 2. The number of nitrogens with zero attached hydrogens (tertiary/aromatic N) is 3. The number of carbonyl (C=O) groups excluding carboxylic acids is 1. The van der Waals surface area contributed by atoms with E-state index in [2.05, 4.69) is 44.8 Å². The summed E-state index contributed by atoms with van der Waals surface area (Å²) in [5.74, 6) is 0.00605. The number of rotatable bonds is 7. The molecule has 0 atom stereocenters. The molecule has 2 heterocycles. The largest absolute Gasteiger partial charge is 0.369 e. The third-order valence-electron chi connectivity index (χ3n) is 6.58. The van der Waals surface area contributed by atoms with Crippen molar-refractivity contribution in [1.29, 1.82) is 0 Å². The Kier molecular flexibility index (Phi) is 7.41. The lowest BCUT2D eigenvalue weighted by atomic mass is 10.1. The van der Waals surface area contributed by atoms with Gasteiger partial charge >= 0.3 is 0 Å². The third-order valence-corrected chi connectivity index (χ3v) is 6.99. The number of amides is 1. The topological polar surface area (TPSA) is 40.5 Å². The summed E-state index contributed by atoms with van der Waals surface area (Å²) in [6, 6.07) is 18.3. The van der Waals surface area contributed by atoms with Crippen LogP contribution in [0, 0.1) is 20.8 Å². The van der Waals surface area contributed by atoms with Crippen molar-refractivity contribution >= 4 is 23.2 Å². The zero-order valence-corrected chi connectivity index (χ0v) is 20.5. The number of halogens is 1. The van der Waals surface area contributed by atoms with Gasteiger partial charge in [0.2, 0.25) is 0 Å². The van der Waals surface area contributed by atoms with Gasteiger partial charge in [0.1, 0.15) is 0 Å². The van der Waals surface area contributed by atoms with Gasteiger partial charge in [-0.1, -0.05) is 35.9 Å². The highest BCUT2D eigenvalue weighted by atomic mass is 35.5. The SMILES string of the molecule is Cc1c(Cl)cccc1N1CCN(CCCNC(=O)c2cc(C)n(-c3ccccc3)c2C)CC1. The quantitative estimate of drug-likeness (QED) is 0.500. The van der Waals surface area contributed by atoms with E-state index in [4.69, 9.17) is 11.6 Å². The van der Waals surface area contributed by atoms with Gasteiger partial charge in [0.15, 0.2) is 0 Å². The van der Waals surface area contributed by atoms with Gasteiger partial charge in [-0.15, -0.1) is 0 Å². The van der Waals surface area contributed by atoms with Crippen LogP contribution in [0.25, 0.3) is 5.69 Å². The van der Waals surface area contributed by atoms with Crippen LogP contribution < -0.4 is 10.2 Å². The molecule has 3 aromatic rings. The van der Waals surface area contributed by atoms with E-state index < -0.39 is 0 Å². The number of hydrogen-bond donors (Lipinski definition) is 1. The maximum absolute atomic E-state index is 12.8. The fraction of sp³-hybridized carbons (Fsp3) is 0.370. The molecule has 1 aromatic heterocycles. The van der Waals surface area contributed by atoms with Crippen LogP contribution in [0.2, 0.25) is 5.02 Å². The molecule has 0 spiro atoms. The van der Waals surface area contributed by atoms with Gasteiger partial charge in [-0.3, -0.25) is 9.69 Å². The molecule has 1 N–H and O–H groups in total. The average molecular weight is 465 g/mol. The molecule has 1 amide bonds. The smallest absolute Gasteiger partial charge is 0.253 e. The molecule has 0 saturated carbocycles. The summed E-state index contributed by atoms with van der Waals surface area (Å²) < 4.78 is 2.13. The third kappa shape index (κ3) is 5.26. The maximum atomic E-state index is 12.8. The molecule has 2 aromatic carbocycles. The Morgan fingerprint density at radius 2 is 1.70 bits per heavy atom. The lowest BCUT2D eigenvalue weighted by Gasteiger charge is -2.37. The molecule has 0 unspecified atom stereocenters. The van der Waals surface area contributed by atoms with Gasteiger partial charge in [0.05, 0.1) is 5.56 Å². The van der Waals surface area contributed by atoms with Crippen molar-refractivity contribution < 1.29 is 4.79 Å². The molecule has 174 valence electrons. The summed E-state index contributed by atoms with van der Waals surface area (Å²) in [5, 5.41) is 3.94. The summed E-state index contributed by atoms with van der Waals surface area (Å²) in [5.41, 5.74) is 6.27. The van der Waals surface area contributed by atoms with Crippen LogP contribution in [-0.4, -0.2) is 54.6 Å². The number of hydrogen-bond acceptors (Lipinski definition) is 3. The van der Waals surface area contributed by atoms with Crippen molar-refractivity contribution in [1.82, 2.24) is 14.8 Å². The molecule has 1 aliphatic heterocycles. The van der Waals surface area contributed by atoms with E-state index >= 15 is 0 Å². The zero-order valence-electron chi connectivity index (χ0n) is 19.8. The van der Waals surface area contributed by atoms with Crippen LogP contribution in [0.3, 0.4) is 0 Å². The van der Waals surface area contributed by atoms with E-state index in [0.717, 1.165) is 72.4 Å². The first kappa shape index (κ1) is 23.4. The predicted octanol–water partition coefficient (Wildman–Crippen LogP) is 5.00. The number of para-hydroxylation sites is 1. The summed E-state index contributed by atoms with van der Waals surface area (Å²) in [6.07, 6.45) is 0.944. The van der Waals surface area contributed by atoms with Crippen LogP contribution in [0.15, 0.2) is 54.6 Å². The van der Waals surface area contributed by atoms with Gasteiger partial charge in [-0.05, 0) is 69.6 Å².